The molecule has 1 unspecified atom stereocenters. The number of hydrogen-bond acceptors (Lipinski definition) is 4. The van der Waals surface area contributed by atoms with Gasteiger partial charge in [0.2, 0.25) is 0 Å². The number of ketones is 1. The van der Waals surface area contributed by atoms with Crippen LogP contribution in [0.3, 0.4) is 0 Å². The molecule has 6 nitrogen and oxygen atoms in total. The molecule has 0 saturated carbocycles. The molecule has 0 bridgehead atoms. The number of amides is 1. The third-order valence-corrected chi connectivity index (χ3v) is 1.06. The van der Waals surface area contributed by atoms with E-state index in [0.29, 0.717) is 0 Å². The summed E-state index contributed by atoms with van der Waals surface area (Å²) in [6, 6.07) is 0. The molecular formula is C5H8N2O4. The van der Waals surface area contributed by atoms with Crippen LogP contribution >= 0.6 is 0 Å². The number of carboxylic acid groups (broad SMARTS) is 1. The Morgan fingerprint density at radius 1 is 1.45 bits per heavy atom. The molecular weight excluding hydrogens is 152 g/mol. The van der Waals surface area contributed by atoms with Gasteiger partial charge in [-0.05, 0) is 6.92 Å². The van der Waals surface area contributed by atoms with Gasteiger partial charge in [-0.2, -0.15) is 0 Å². The fourth-order valence-electron chi connectivity index (χ4n) is 0.554. The third kappa shape index (κ3) is 2.34. The van der Waals surface area contributed by atoms with Crippen LogP contribution in [0, 0.1) is 5.92 Å². The van der Waals surface area contributed by atoms with Crippen LogP contribution in [0.5, 0.6) is 0 Å². The van der Waals surface area contributed by atoms with Gasteiger partial charge in [0, 0.05) is 0 Å². The van der Waals surface area contributed by atoms with E-state index < -0.39 is 23.6 Å². The fourth-order valence-corrected chi connectivity index (χ4v) is 0.554. The first-order valence-electron chi connectivity index (χ1n) is 2.74. The number of nitrogens with two attached hydrogens (primary N) is 1. The van der Waals surface area contributed by atoms with Crippen molar-refractivity contribution in [1.29, 1.82) is 0 Å². The number of rotatable bonds is 3. The molecule has 0 rings (SSSR count). The van der Waals surface area contributed by atoms with Crippen LogP contribution in [0.4, 0.5) is 0 Å². The molecule has 0 aromatic heterocycles. The number of nitrogens with one attached hydrogen (secondary N) is 1. The SMILES string of the molecule is CC(=O)C(C(=O)O)C(=O)NN. The maximum Gasteiger partial charge on any atom is 0.323 e. The molecule has 0 saturated heterocycles. The lowest BCUT2D eigenvalue weighted by Gasteiger charge is -2.04. The number of Topliss-reactive ketones (excluding diaryl/α,β-unsaturated/α-hetero) is 1. The summed E-state index contributed by atoms with van der Waals surface area (Å²) >= 11 is 0. The van der Waals surface area contributed by atoms with E-state index in [1.807, 2.05) is 0 Å². The predicted molar refractivity (Wildman–Crippen MR) is 34.1 cm³/mol. The molecule has 0 radical (unpaired) electrons. The number of carboxylic acids is 1. The minimum absolute atomic E-state index is 0.750. The van der Waals surface area contributed by atoms with E-state index >= 15 is 0 Å². The standard InChI is InChI=1S/C5H8N2O4/c1-2(8)3(5(10)11)4(9)7-6/h3H,6H2,1H3,(H,7,9)(H,10,11). The van der Waals surface area contributed by atoms with Gasteiger partial charge in [0.25, 0.3) is 5.91 Å². The quantitative estimate of drug-likeness (QED) is 0.196. The fraction of sp³-hybridized carbons (Fsp3) is 0.400. The lowest BCUT2D eigenvalue weighted by Crippen LogP contribution is -2.42. The predicted octanol–water partition coefficient (Wildman–Crippen LogP) is -1.73. The molecule has 1 amide bonds. The molecule has 0 fully saturated rings. The Labute approximate surface area is 62.3 Å². The van der Waals surface area contributed by atoms with E-state index in [4.69, 9.17) is 5.11 Å². The van der Waals surface area contributed by atoms with Gasteiger partial charge in [-0.15, -0.1) is 0 Å². The highest BCUT2D eigenvalue weighted by molar-refractivity contribution is 6.15. The Morgan fingerprint density at radius 3 is 2.00 bits per heavy atom. The second kappa shape index (κ2) is 3.67. The smallest absolute Gasteiger partial charge is 0.323 e. The average Bonchev–Trinajstić information content (AvgIpc) is 1.85. The van der Waals surface area contributed by atoms with Crippen molar-refractivity contribution in [2.75, 3.05) is 0 Å². The molecule has 0 aromatic rings. The Hall–Kier alpha value is -1.43. The zero-order valence-corrected chi connectivity index (χ0v) is 5.83. The van der Waals surface area contributed by atoms with Crippen molar-refractivity contribution in [3.05, 3.63) is 0 Å². The van der Waals surface area contributed by atoms with E-state index in [1.54, 1.807) is 5.43 Å². The highest BCUT2D eigenvalue weighted by Gasteiger charge is 2.29. The number of hydrogen-bond donors (Lipinski definition) is 3. The first-order chi connectivity index (χ1) is 5.00. The van der Waals surface area contributed by atoms with Crippen LogP contribution in [0.1, 0.15) is 6.92 Å². The summed E-state index contributed by atoms with van der Waals surface area (Å²) in [5, 5.41) is 8.31. The molecule has 0 aromatic carbocycles. The van der Waals surface area contributed by atoms with Crippen molar-refractivity contribution in [3.63, 3.8) is 0 Å². The van der Waals surface area contributed by atoms with Gasteiger partial charge in [-0.25, -0.2) is 5.84 Å². The molecule has 0 spiro atoms. The summed E-state index contributed by atoms with van der Waals surface area (Å²) in [5.41, 5.74) is 1.59. The first-order valence-corrected chi connectivity index (χ1v) is 2.74. The van der Waals surface area contributed by atoms with Gasteiger partial charge in [0.05, 0.1) is 0 Å². The van der Waals surface area contributed by atoms with Crippen LogP contribution in [-0.4, -0.2) is 22.8 Å². The Balaban J connectivity index is 4.47. The van der Waals surface area contributed by atoms with Crippen molar-refractivity contribution >= 4 is 17.7 Å². The Bertz CT molecular complexity index is 187. The third-order valence-electron chi connectivity index (χ3n) is 1.06. The summed E-state index contributed by atoms with van der Waals surface area (Å²) in [6.07, 6.45) is 0. The number of carbonyl (C=O) groups is 3. The summed E-state index contributed by atoms with van der Waals surface area (Å²) in [5.74, 6) is -0.319. The molecule has 4 N–H and O–H groups in total. The summed E-state index contributed by atoms with van der Waals surface area (Å²) in [6.45, 7) is 1.01. The van der Waals surface area contributed by atoms with E-state index in [1.165, 1.54) is 0 Å². The molecule has 11 heavy (non-hydrogen) atoms. The molecule has 0 aliphatic heterocycles. The molecule has 0 heterocycles. The average molecular weight is 160 g/mol. The Morgan fingerprint density at radius 2 is 1.91 bits per heavy atom. The lowest BCUT2D eigenvalue weighted by molar-refractivity contribution is -0.150. The van der Waals surface area contributed by atoms with Crippen molar-refractivity contribution in [2.24, 2.45) is 11.8 Å². The Kier molecular flexibility index (Phi) is 3.19. The molecule has 0 aliphatic carbocycles. The van der Waals surface area contributed by atoms with Gasteiger partial charge >= 0.3 is 5.97 Å². The summed E-state index contributed by atoms with van der Waals surface area (Å²) in [7, 11) is 0. The summed E-state index contributed by atoms with van der Waals surface area (Å²) in [4.78, 5) is 31.2. The number of hydrazine groups is 1. The molecule has 62 valence electrons. The van der Waals surface area contributed by atoms with Crippen molar-refractivity contribution < 1.29 is 19.5 Å². The largest absolute Gasteiger partial charge is 0.480 e. The maximum absolute atomic E-state index is 10.6. The highest BCUT2D eigenvalue weighted by Crippen LogP contribution is 1.97. The zero-order valence-electron chi connectivity index (χ0n) is 5.83. The van der Waals surface area contributed by atoms with Gasteiger partial charge in [-0.3, -0.25) is 19.8 Å². The zero-order chi connectivity index (χ0) is 9.02. The van der Waals surface area contributed by atoms with Gasteiger partial charge in [-0.1, -0.05) is 0 Å². The number of carbonyl (C=O) groups excluding carboxylic acids is 2. The minimum Gasteiger partial charge on any atom is -0.480 e. The van der Waals surface area contributed by atoms with Crippen LogP contribution in [0.2, 0.25) is 0 Å². The normalized spacial score (nSPS) is 11.8. The van der Waals surface area contributed by atoms with E-state index in [9.17, 15) is 14.4 Å². The van der Waals surface area contributed by atoms with Crippen LogP contribution in [-0.2, 0) is 14.4 Å². The van der Waals surface area contributed by atoms with Gasteiger partial charge < -0.3 is 5.11 Å². The second-order valence-electron chi connectivity index (χ2n) is 1.89. The molecule has 6 heteroatoms. The van der Waals surface area contributed by atoms with Crippen LogP contribution in [0.15, 0.2) is 0 Å². The van der Waals surface area contributed by atoms with Crippen molar-refractivity contribution in [3.8, 4) is 0 Å². The van der Waals surface area contributed by atoms with Crippen molar-refractivity contribution in [2.45, 2.75) is 6.92 Å². The second-order valence-corrected chi connectivity index (χ2v) is 1.89. The number of aliphatic carboxylic acids is 1. The summed E-state index contributed by atoms with van der Waals surface area (Å²) < 4.78 is 0. The van der Waals surface area contributed by atoms with E-state index in [0.717, 1.165) is 6.92 Å². The van der Waals surface area contributed by atoms with Crippen LogP contribution < -0.4 is 11.3 Å². The van der Waals surface area contributed by atoms with Crippen LogP contribution in [0.25, 0.3) is 0 Å². The topological polar surface area (TPSA) is 109 Å². The van der Waals surface area contributed by atoms with Crippen molar-refractivity contribution in [1.82, 2.24) is 5.43 Å². The molecule has 1 atom stereocenters. The lowest BCUT2D eigenvalue weighted by atomic mass is 10.1. The van der Waals surface area contributed by atoms with E-state index in [2.05, 4.69) is 5.84 Å². The first kappa shape index (κ1) is 9.57. The molecule has 0 aliphatic rings. The van der Waals surface area contributed by atoms with Gasteiger partial charge in [0.15, 0.2) is 11.7 Å². The highest BCUT2D eigenvalue weighted by atomic mass is 16.4. The van der Waals surface area contributed by atoms with E-state index in [-0.39, 0.29) is 0 Å². The maximum atomic E-state index is 10.6. The monoisotopic (exact) mass is 160 g/mol. The van der Waals surface area contributed by atoms with Gasteiger partial charge in [0.1, 0.15) is 0 Å². The minimum atomic E-state index is -1.69.